The number of aromatic amines is 1. The first kappa shape index (κ1) is 21.1. The Labute approximate surface area is 170 Å². The summed E-state index contributed by atoms with van der Waals surface area (Å²) >= 11 is 0. The highest BCUT2D eigenvalue weighted by atomic mass is 28.3. The van der Waals surface area contributed by atoms with Crippen molar-refractivity contribution < 1.29 is 9.53 Å². The second-order valence-electron chi connectivity index (χ2n) is 8.83. The summed E-state index contributed by atoms with van der Waals surface area (Å²) in [5, 5.41) is 1.30. The first-order valence-electron chi connectivity index (χ1n) is 10.9. The minimum Gasteiger partial charge on any atom is -0.382 e. The van der Waals surface area contributed by atoms with Crippen LogP contribution in [-0.4, -0.2) is 25.7 Å². The zero-order valence-corrected chi connectivity index (χ0v) is 19.2. The molecule has 5 heteroatoms. The molecule has 1 aromatic heterocycles. The predicted octanol–water partition coefficient (Wildman–Crippen LogP) is 5.42. The number of unbranched alkanes of at least 4 members (excludes halogenated alkanes) is 1. The molecule has 154 valence electrons. The van der Waals surface area contributed by atoms with Gasteiger partial charge in [-0.1, -0.05) is 64.9 Å². The summed E-state index contributed by atoms with van der Waals surface area (Å²) in [5.41, 5.74) is 4.47. The maximum Gasteiger partial charge on any atom is 0.215 e. The molecule has 2 aromatic rings. The van der Waals surface area contributed by atoms with Crippen LogP contribution in [0.25, 0.3) is 10.9 Å². The lowest BCUT2D eigenvalue weighted by Gasteiger charge is -2.37. The Hall–Kier alpha value is -1.59. The minimum atomic E-state index is -1.72. The molecule has 2 heterocycles. The number of nitrogens with one attached hydrogen (secondary N) is 2. The summed E-state index contributed by atoms with van der Waals surface area (Å²) in [5.74, 6) is 0.136. The number of amides is 1. The second-order valence-corrected chi connectivity index (χ2v) is 13.3. The number of benzene rings is 1. The lowest BCUT2D eigenvalue weighted by Crippen LogP contribution is -2.50. The number of ether oxygens (including phenoxy) is 1. The van der Waals surface area contributed by atoms with E-state index in [1.54, 1.807) is 0 Å². The highest BCUT2D eigenvalue weighted by Crippen LogP contribution is 2.42. The highest BCUT2D eigenvalue weighted by molar-refractivity contribution is 6.77. The normalized spacial score (nSPS) is 19.6. The number of H-pyrrole nitrogens is 1. The van der Waals surface area contributed by atoms with Crippen LogP contribution in [0.15, 0.2) is 18.2 Å². The molecule has 0 fully saturated rings. The van der Waals surface area contributed by atoms with Crippen molar-refractivity contribution >= 4 is 25.0 Å². The number of hydrogen-bond acceptors (Lipinski definition) is 2. The van der Waals surface area contributed by atoms with Crippen LogP contribution >= 0.6 is 0 Å². The Bertz CT molecular complexity index is 842. The van der Waals surface area contributed by atoms with Gasteiger partial charge in [0.15, 0.2) is 8.24 Å². The van der Waals surface area contributed by atoms with Crippen LogP contribution in [0.1, 0.15) is 63.3 Å². The van der Waals surface area contributed by atoms with Crippen molar-refractivity contribution in [3.05, 3.63) is 35.0 Å². The van der Waals surface area contributed by atoms with Gasteiger partial charge in [0.05, 0.1) is 18.7 Å². The predicted molar refractivity (Wildman–Crippen MR) is 119 cm³/mol. The monoisotopic (exact) mass is 400 g/mol. The summed E-state index contributed by atoms with van der Waals surface area (Å²) < 4.78 is 6.33. The number of carbonyl (C=O) groups is 1. The largest absolute Gasteiger partial charge is 0.382 e. The van der Waals surface area contributed by atoms with E-state index in [-0.39, 0.29) is 5.91 Å². The zero-order chi connectivity index (χ0) is 20.4. The van der Waals surface area contributed by atoms with Crippen LogP contribution in [0, 0.1) is 0 Å². The number of aromatic nitrogens is 1. The molecule has 1 aliphatic heterocycles. The van der Waals surface area contributed by atoms with E-state index < -0.39 is 13.8 Å². The van der Waals surface area contributed by atoms with Gasteiger partial charge in [-0.25, -0.2) is 0 Å². The van der Waals surface area contributed by atoms with E-state index in [4.69, 9.17) is 4.74 Å². The molecule has 0 radical (unpaired) electrons. The third-order valence-corrected chi connectivity index (χ3v) is 8.80. The molecule has 28 heavy (non-hydrogen) atoms. The van der Waals surface area contributed by atoms with E-state index in [1.165, 1.54) is 34.9 Å². The van der Waals surface area contributed by atoms with Gasteiger partial charge >= 0.3 is 0 Å². The summed E-state index contributed by atoms with van der Waals surface area (Å²) in [6.45, 7) is 11.7. The Morgan fingerprint density at radius 2 is 2.07 bits per heavy atom. The van der Waals surface area contributed by atoms with E-state index in [0.717, 1.165) is 31.0 Å². The van der Waals surface area contributed by atoms with Crippen molar-refractivity contribution in [1.29, 1.82) is 0 Å². The van der Waals surface area contributed by atoms with Crippen LogP contribution in [0.5, 0.6) is 0 Å². The first-order chi connectivity index (χ1) is 13.4. The number of rotatable bonds is 8. The quantitative estimate of drug-likeness (QED) is 0.581. The molecule has 1 aromatic carbocycles. The molecule has 1 atom stereocenters. The average Bonchev–Trinajstić information content (AvgIpc) is 3.06. The van der Waals surface area contributed by atoms with E-state index in [9.17, 15) is 4.79 Å². The molecule has 3 rings (SSSR count). The molecule has 4 nitrogen and oxygen atoms in total. The number of aryl methyl sites for hydroxylation is 1. The van der Waals surface area contributed by atoms with Crippen molar-refractivity contribution in [1.82, 2.24) is 9.97 Å². The Balaban J connectivity index is 1.92. The summed E-state index contributed by atoms with van der Waals surface area (Å²) in [4.78, 5) is 20.1. The van der Waals surface area contributed by atoms with Crippen molar-refractivity contribution in [3.63, 3.8) is 0 Å². The zero-order valence-electron chi connectivity index (χ0n) is 18.2. The van der Waals surface area contributed by atoms with E-state index >= 15 is 0 Å². The minimum absolute atomic E-state index is 0.136. The summed E-state index contributed by atoms with van der Waals surface area (Å²) in [6.07, 6.45) is 5.44. The molecule has 0 saturated carbocycles. The smallest absolute Gasteiger partial charge is 0.215 e. The first-order valence-corrected chi connectivity index (χ1v) is 14.1. The fourth-order valence-electron chi connectivity index (χ4n) is 4.60. The van der Waals surface area contributed by atoms with Crippen molar-refractivity contribution in [2.75, 3.05) is 6.61 Å². The summed E-state index contributed by atoms with van der Waals surface area (Å²) in [7, 11) is -1.72. The molecular formula is C23H36N2O2Si. The second kappa shape index (κ2) is 8.42. The summed E-state index contributed by atoms with van der Waals surface area (Å²) in [6, 6.07) is 7.67. The number of para-hydroxylation sites is 1. The van der Waals surface area contributed by atoms with Gasteiger partial charge in [0.2, 0.25) is 5.91 Å². The molecular weight excluding hydrogens is 364 g/mol. The third-order valence-electron chi connectivity index (χ3n) is 6.24. The maximum absolute atomic E-state index is 13.0. The molecule has 0 spiro atoms. The van der Waals surface area contributed by atoms with Gasteiger partial charge in [0, 0.05) is 10.9 Å². The van der Waals surface area contributed by atoms with E-state index in [1.807, 2.05) is 0 Å². The maximum atomic E-state index is 13.0. The van der Waals surface area contributed by atoms with Gasteiger partial charge in [-0.15, -0.1) is 0 Å². The fourth-order valence-corrected chi connectivity index (χ4v) is 6.81. The number of fused-ring (bicyclic) bond motifs is 3. The van der Waals surface area contributed by atoms with Gasteiger partial charge in [-0.05, 0) is 36.4 Å². The lowest BCUT2D eigenvalue weighted by atomic mass is 9.86. The topological polar surface area (TPSA) is 54.1 Å². The average molecular weight is 401 g/mol. The molecule has 1 aliphatic rings. The van der Waals surface area contributed by atoms with Crippen LogP contribution in [-0.2, 0) is 28.0 Å². The molecule has 0 saturated heterocycles. The van der Waals surface area contributed by atoms with Crippen LogP contribution in [0.3, 0.4) is 0 Å². The van der Waals surface area contributed by atoms with E-state index in [0.29, 0.717) is 13.0 Å². The van der Waals surface area contributed by atoms with Gasteiger partial charge in [0.25, 0.3) is 0 Å². The molecule has 2 N–H and O–H groups in total. The fraction of sp³-hybridized carbons (Fsp3) is 0.609. The van der Waals surface area contributed by atoms with Gasteiger partial charge in [-0.2, -0.15) is 0 Å². The van der Waals surface area contributed by atoms with Gasteiger partial charge < -0.3 is 14.7 Å². The standard InChI is InChI=1S/C23H36N2O2Si/c1-6-9-15-28(4,5)25-20(26)16-23(8-3)22-19(13-14-27-23)18-12-10-11-17(7-2)21(18)24-22/h10-12,24H,6-9,13-16H2,1-5H3,(H,25,26). The van der Waals surface area contributed by atoms with Crippen LogP contribution in [0.4, 0.5) is 0 Å². The molecule has 0 aliphatic carbocycles. The highest BCUT2D eigenvalue weighted by Gasteiger charge is 2.41. The lowest BCUT2D eigenvalue weighted by molar-refractivity contribution is -0.131. The van der Waals surface area contributed by atoms with Gasteiger partial charge in [0.1, 0.15) is 5.60 Å². The SMILES string of the molecule is CCCC[Si](C)(C)NC(=O)CC1(CC)OCCc2c1[nH]c1c(CC)cccc21. The molecule has 1 amide bonds. The third kappa shape index (κ3) is 4.06. The van der Waals surface area contributed by atoms with Crippen molar-refractivity contribution in [2.45, 2.75) is 84.0 Å². The number of hydrogen-bond donors (Lipinski definition) is 2. The van der Waals surface area contributed by atoms with E-state index in [2.05, 4.69) is 62.0 Å². The van der Waals surface area contributed by atoms with Crippen molar-refractivity contribution in [2.24, 2.45) is 0 Å². The van der Waals surface area contributed by atoms with Crippen molar-refractivity contribution in [3.8, 4) is 0 Å². The Morgan fingerprint density at radius 3 is 2.75 bits per heavy atom. The van der Waals surface area contributed by atoms with Crippen LogP contribution in [0.2, 0.25) is 19.1 Å². The molecule has 0 bridgehead atoms. The van der Waals surface area contributed by atoms with Crippen LogP contribution < -0.4 is 4.98 Å². The Morgan fingerprint density at radius 1 is 1.29 bits per heavy atom. The van der Waals surface area contributed by atoms with Gasteiger partial charge in [-0.3, -0.25) is 4.79 Å². The Kier molecular flexibility index (Phi) is 6.35. The number of carbonyl (C=O) groups excluding carboxylic acids is 1. The molecule has 1 unspecified atom stereocenters.